The summed E-state index contributed by atoms with van der Waals surface area (Å²) in [4.78, 5) is 26.0. The van der Waals surface area contributed by atoms with Gasteiger partial charge in [-0.15, -0.1) is 0 Å². The highest BCUT2D eigenvalue weighted by molar-refractivity contribution is 5.95. The highest BCUT2D eigenvalue weighted by Gasteiger charge is 2.20. The summed E-state index contributed by atoms with van der Waals surface area (Å²) in [6.07, 6.45) is 2.82. The van der Waals surface area contributed by atoms with Crippen molar-refractivity contribution in [1.82, 2.24) is 10.2 Å². The Morgan fingerprint density at radius 1 is 1.08 bits per heavy atom. The van der Waals surface area contributed by atoms with Gasteiger partial charge in [0, 0.05) is 30.4 Å². The van der Waals surface area contributed by atoms with Crippen LogP contribution in [0.4, 0.5) is 10.5 Å². The molecule has 1 fully saturated rings. The fourth-order valence-electron chi connectivity index (χ4n) is 2.96. The Bertz CT molecular complexity index is 547. The second-order valence-electron chi connectivity index (χ2n) is 6.16. The average molecular weight is 333 g/mol. The first-order valence-corrected chi connectivity index (χ1v) is 8.68. The third kappa shape index (κ3) is 4.96. The van der Waals surface area contributed by atoms with E-state index in [1.165, 1.54) is 0 Å². The molecule has 3 amide bonds. The molecule has 1 aliphatic carbocycles. The van der Waals surface area contributed by atoms with Gasteiger partial charge in [-0.3, -0.25) is 4.79 Å². The van der Waals surface area contributed by atoms with Crippen LogP contribution in [0.3, 0.4) is 0 Å². The second-order valence-corrected chi connectivity index (χ2v) is 6.16. The molecule has 0 unspecified atom stereocenters. The molecule has 6 heteroatoms. The van der Waals surface area contributed by atoms with Gasteiger partial charge in [0.15, 0.2) is 0 Å². The molecule has 0 spiro atoms. The number of urea groups is 1. The Kier molecular flexibility index (Phi) is 6.61. The predicted molar refractivity (Wildman–Crippen MR) is 94.1 cm³/mol. The number of benzene rings is 1. The van der Waals surface area contributed by atoms with Crippen LogP contribution < -0.4 is 10.6 Å². The third-order valence-corrected chi connectivity index (χ3v) is 4.47. The van der Waals surface area contributed by atoms with Crippen molar-refractivity contribution in [2.75, 3.05) is 18.4 Å². The summed E-state index contributed by atoms with van der Waals surface area (Å²) in [7, 11) is 0. The summed E-state index contributed by atoms with van der Waals surface area (Å²) in [5.41, 5.74) is 1.27. The Balaban J connectivity index is 1.87. The van der Waals surface area contributed by atoms with Gasteiger partial charge >= 0.3 is 6.03 Å². The highest BCUT2D eigenvalue weighted by atomic mass is 16.3. The molecule has 1 aromatic rings. The lowest BCUT2D eigenvalue weighted by Crippen LogP contribution is -2.40. The van der Waals surface area contributed by atoms with E-state index >= 15 is 0 Å². The van der Waals surface area contributed by atoms with Crippen molar-refractivity contribution in [3.05, 3.63) is 29.8 Å². The fraction of sp³-hybridized carbons (Fsp3) is 0.556. The van der Waals surface area contributed by atoms with Gasteiger partial charge in [0.2, 0.25) is 0 Å². The van der Waals surface area contributed by atoms with Crippen molar-refractivity contribution >= 4 is 17.6 Å². The van der Waals surface area contributed by atoms with E-state index in [0.717, 1.165) is 25.7 Å². The summed E-state index contributed by atoms with van der Waals surface area (Å²) in [6.45, 7) is 5.25. The van der Waals surface area contributed by atoms with E-state index in [9.17, 15) is 14.7 Å². The van der Waals surface area contributed by atoms with E-state index in [-0.39, 0.29) is 24.1 Å². The lowest BCUT2D eigenvalue weighted by molar-refractivity contribution is 0.0773. The van der Waals surface area contributed by atoms with Gasteiger partial charge in [0.25, 0.3) is 5.91 Å². The lowest BCUT2D eigenvalue weighted by atomic mass is 9.93. The fourth-order valence-corrected chi connectivity index (χ4v) is 2.96. The molecule has 0 aliphatic heterocycles. The standard InChI is InChI=1S/C18H27N3O3/c1-3-21(4-2)17(23)13-5-7-14(8-6-13)19-18(24)20-15-9-11-16(22)12-10-15/h5-8,15-16,22H,3-4,9-12H2,1-2H3,(H2,19,20,24). The minimum absolute atomic E-state index is 0.00300. The molecule has 0 bridgehead atoms. The second kappa shape index (κ2) is 8.68. The number of nitrogens with one attached hydrogen (secondary N) is 2. The predicted octanol–water partition coefficient (Wildman–Crippen LogP) is 2.59. The van der Waals surface area contributed by atoms with Crippen LogP contribution in [0.2, 0.25) is 0 Å². The molecule has 1 saturated carbocycles. The molecular weight excluding hydrogens is 306 g/mol. The zero-order chi connectivity index (χ0) is 17.5. The molecule has 2 rings (SSSR count). The van der Waals surface area contributed by atoms with E-state index in [2.05, 4.69) is 10.6 Å². The van der Waals surface area contributed by atoms with E-state index in [1.54, 1.807) is 29.2 Å². The number of carbonyl (C=O) groups is 2. The summed E-state index contributed by atoms with van der Waals surface area (Å²) in [5, 5.41) is 15.2. The minimum atomic E-state index is -0.251. The van der Waals surface area contributed by atoms with Crippen molar-refractivity contribution < 1.29 is 14.7 Å². The maximum Gasteiger partial charge on any atom is 0.319 e. The number of hydrogen-bond donors (Lipinski definition) is 3. The van der Waals surface area contributed by atoms with Gasteiger partial charge < -0.3 is 20.6 Å². The molecule has 0 aromatic heterocycles. The maximum atomic E-state index is 12.2. The van der Waals surface area contributed by atoms with Crippen molar-refractivity contribution in [3.8, 4) is 0 Å². The van der Waals surface area contributed by atoms with Crippen molar-refractivity contribution in [2.24, 2.45) is 0 Å². The first kappa shape index (κ1) is 18.3. The molecule has 1 aliphatic rings. The van der Waals surface area contributed by atoms with Gasteiger partial charge in [-0.05, 0) is 63.8 Å². The van der Waals surface area contributed by atoms with Gasteiger partial charge in [0.1, 0.15) is 0 Å². The zero-order valence-electron chi connectivity index (χ0n) is 14.4. The number of rotatable bonds is 5. The smallest absolute Gasteiger partial charge is 0.319 e. The molecule has 0 atom stereocenters. The Hall–Kier alpha value is -2.08. The number of hydrogen-bond acceptors (Lipinski definition) is 3. The maximum absolute atomic E-state index is 12.2. The SMILES string of the molecule is CCN(CC)C(=O)c1ccc(NC(=O)NC2CCC(O)CC2)cc1. The van der Waals surface area contributed by atoms with Crippen LogP contribution in [0.25, 0.3) is 0 Å². The van der Waals surface area contributed by atoms with Crippen LogP contribution in [-0.4, -0.2) is 47.2 Å². The number of carbonyl (C=O) groups excluding carboxylic acids is 2. The Labute approximate surface area is 143 Å². The normalized spacial score (nSPS) is 20.3. The summed E-state index contributed by atoms with van der Waals surface area (Å²) < 4.78 is 0. The zero-order valence-corrected chi connectivity index (χ0v) is 14.4. The van der Waals surface area contributed by atoms with E-state index in [0.29, 0.717) is 24.3 Å². The number of nitrogens with zero attached hydrogens (tertiary/aromatic N) is 1. The molecule has 1 aromatic carbocycles. The molecule has 132 valence electrons. The van der Waals surface area contributed by atoms with Gasteiger partial charge in [0.05, 0.1) is 6.10 Å². The number of anilines is 1. The van der Waals surface area contributed by atoms with E-state index in [1.807, 2.05) is 13.8 Å². The summed E-state index contributed by atoms with van der Waals surface area (Å²) in [6, 6.07) is 6.79. The van der Waals surface area contributed by atoms with Crippen molar-refractivity contribution in [2.45, 2.75) is 51.7 Å². The third-order valence-electron chi connectivity index (χ3n) is 4.47. The van der Waals surface area contributed by atoms with Gasteiger partial charge in [-0.2, -0.15) is 0 Å². The monoisotopic (exact) mass is 333 g/mol. The van der Waals surface area contributed by atoms with Gasteiger partial charge in [-0.1, -0.05) is 0 Å². The lowest BCUT2D eigenvalue weighted by Gasteiger charge is -2.26. The number of aliphatic hydroxyl groups is 1. The average Bonchev–Trinajstić information content (AvgIpc) is 2.58. The number of aliphatic hydroxyl groups excluding tert-OH is 1. The topological polar surface area (TPSA) is 81.7 Å². The molecule has 3 N–H and O–H groups in total. The van der Waals surface area contributed by atoms with E-state index < -0.39 is 0 Å². The Morgan fingerprint density at radius 3 is 2.21 bits per heavy atom. The van der Waals surface area contributed by atoms with Gasteiger partial charge in [-0.25, -0.2) is 4.79 Å². The Morgan fingerprint density at radius 2 is 1.67 bits per heavy atom. The van der Waals surface area contributed by atoms with Crippen LogP contribution in [-0.2, 0) is 0 Å². The molecule has 0 heterocycles. The molecule has 0 radical (unpaired) electrons. The van der Waals surface area contributed by atoms with E-state index in [4.69, 9.17) is 0 Å². The van der Waals surface area contributed by atoms with Crippen LogP contribution in [0, 0.1) is 0 Å². The van der Waals surface area contributed by atoms with Crippen LogP contribution >= 0.6 is 0 Å². The van der Waals surface area contributed by atoms with Crippen LogP contribution in [0.5, 0.6) is 0 Å². The first-order valence-electron chi connectivity index (χ1n) is 8.68. The van der Waals surface area contributed by atoms with Crippen LogP contribution in [0.1, 0.15) is 49.9 Å². The largest absolute Gasteiger partial charge is 0.393 e. The minimum Gasteiger partial charge on any atom is -0.393 e. The molecule has 24 heavy (non-hydrogen) atoms. The summed E-state index contributed by atoms with van der Waals surface area (Å²) in [5.74, 6) is -0.00300. The summed E-state index contributed by atoms with van der Waals surface area (Å²) >= 11 is 0. The number of amides is 3. The highest BCUT2D eigenvalue weighted by Crippen LogP contribution is 2.18. The van der Waals surface area contributed by atoms with Crippen molar-refractivity contribution in [1.29, 1.82) is 0 Å². The molecular formula is C18H27N3O3. The molecule has 0 saturated heterocycles. The van der Waals surface area contributed by atoms with Crippen molar-refractivity contribution in [3.63, 3.8) is 0 Å². The quantitative estimate of drug-likeness (QED) is 0.774. The molecule has 6 nitrogen and oxygen atoms in total. The first-order chi connectivity index (χ1) is 11.5. The van der Waals surface area contributed by atoms with Crippen LogP contribution in [0.15, 0.2) is 24.3 Å².